The van der Waals surface area contributed by atoms with Crippen LogP contribution < -0.4 is 9.64 Å². The Balaban J connectivity index is 1.72. The summed E-state index contributed by atoms with van der Waals surface area (Å²) in [6.07, 6.45) is 0.886. The van der Waals surface area contributed by atoms with Gasteiger partial charge >= 0.3 is 0 Å². The number of nitrogens with zero attached hydrogens (tertiary/aromatic N) is 2. The van der Waals surface area contributed by atoms with Crippen LogP contribution in [0.25, 0.3) is 5.57 Å². The van der Waals surface area contributed by atoms with E-state index in [1.54, 1.807) is 18.2 Å². The Morgan fingerprint density at radius 1 is 1.11 bits per heavy atom. The first kappa shape index (κ1) is 18.7. The first-order valence-electron chi connectivity index (χ1n) is 9.43. The van der Waals surface area contributed by atoms with Gasteiger partial charge in [-0.05, 0) is 30.0 Å². The Labute approximate surface area is 168 Å². The second-order valence-electron chi connectivity index (χ2n) is 6.59. The van der Waals surface area contributed by atoms with E-state index in [0.717, 1.165) is 11.3 Å². The predicted molar refractivity (Wildman–Crippen MR) is 108 cm³/mol. The summed E-state index contributed by atoms with van der Waals surface area (Å²) in [7, 11) is 0. The number of hydrogen-bond donors (Lipinski definition) is 0. The number of carbonyl (C=O) groups is 2. The van der Waals surface area contributed by atoms with Gasteiger partial charge in [0.25, 0.3) is 11.8 Å². The predicted octanol–water partition coefficient (Wildman–Crippen LogP) is 3.15. The maximum absolute atomic E-state index is 13.4. The molecule has 0 atom stereocenters. The highest BCUT2D eigenvalue weighted by molar-refractivity contribution is 7.11. The van der Waals surface area contributed by atoms with Crippen LogP contribution in [0.3, 0.4) is 0 Å². The fraction of sp³-hybridized carbons (Fsp3) is 0.333. The number of amides is 2. The molecule has 0 aliphatic carbocycles. The minimum atomic E-state index is -0.290. The highest BCUT2D eigenvalue weighted by atomic mass is 32.1. The van der Waals surface area contributed by atoms with Crippen molar-refractivity contribution >= 4 is 34.4 Å². The molecule has 1 aromatic carbocycles. The molecule has 6 nitrogen and oxygen atoms in total. The standard InChI is InChI=1S/C21H22N2O4S/c1-2-10-27-16-6-3-5-15(14-16)23-20(24)18(17-7-4-13-28-17)19(21(23)25)22-8-11-26-12-9-22/h3-7,13-14H,2,8-12H2,1H3. The normalized spacial score (nSPS) is 17.6. The molecule has 28 heavy (non-hydrogen) atoms. The van der Waals surface area contributed by atoms with Gasteiger partial charge in [-0.15, -0.1) is 11.3 Å². The molecule has 1 saturated heterocycles. The largest absolute Gasteiger partial charge is 0.494 e. The highest BCUT2D eigenvalue weighted by Crippen LogP contribution is 2.37. The van der Waals surface area contributed by atoms with Crippen LogP contribution in [0.5, 0.6) is 5.75 Å². The fourth-order valence-electron chi connectivity index (χ4n) is 3.41. The van der Waals surface area contributed by atoms with E-state index in [1.165, 1.54) is 16.2 Å². The van der Waals surface area contributed by atoms with Gasteiger partial charge in [-0.3, -0.25) is 9.59 Å². The Morgan fingerprint density at radius 3 is 2.64 bits per heavy atom. The maximum atomic E-state index is 13.4. The summed E-state index contributed by atoms with van der Waals surface area (Å²) < 4.78 is 11.1. The third-order valence-electron chi connectivity index (χ3n) is 4.70. The van der Waals surface area contributed by atoms with Crippen LogP contribution in [0.15, 0.2) is 47.5 Å². The van der Waals surface area contributed by atoms with Gasteiger partial charge in [0, 0.05) is 24.0 Å². The van der Waals surface area contributed by atoms with Crippen molar-refractivity contribution in [2.75, 3.05) is 37.8 Å². The highest BCUT2D eigenvalue weighted by Gasteiger charge is 2.43. The fourth-order valence-corrected chi connectivity index (χ4v) is 4.17. The topological polar surface area (TPSA) is 59.1 Å². The molecule has 2 aliphatic heterocycles. The van der Waals surface area contributed by atoms with Gasteiger partial charge in [-0.25, -0.2) is 4.90 Å². The molecular weight excluding hydrogens is 376 g/mol. The van der Waals surface area contributed by atoms with Crippen LogP contribution in [0, 0.1) is 0 Å². The average Bonchev–Trinajstić information content (AvgIpc) is 3.33. The number of carbonyl (C=O) groups excluding carboxylic acids is 2. The van der Waals surface area contributed by atoms with Crippen molar-refractivity contribution in [3.8, 4) is 5.75 Å². The second-order valence-corrected chi connectivity index (χ2v) is 7.54. The first-order chi connectivity index (χ1) is 13.7. The molecule has 2 amide bonds. The van der Waals surface area contributed by atoms with E-state index >= 15 is 0 Å². The van der Waals surface area contributed by atoms with Gasteiger partial charge in [0.1, 0.15) is 11.4 Å². The summed E-state index contributed by atoms with van der Waals surface area (Å²) in [5.74, 6) is 0.0713. The lowest BCUT2D eigenvalue weighted by Crippen LogP contribution is -2.40. The van der Waals surface area contributed by atoms with Gasteiger partial charge in [0.05, 0.1) is 31.1 Å². The molecule has 146 valence electrons. The van der Waals surface area contributed by atoms with Gasteiger partial charge in [-0.2, -0.15) is 0 Å². The molecule has 2 aromatic rings. The molecule has 4 rings (SSSR count). The van der Waals surface area contributed by atoms with E-state index in [9.17, 15) is 9.59 Å². The number of thiophene rings is 1. The lowest BCUT2D eigenvalue weighted by atomic mass is 10.1. The van der Waals surface area contributed by atoms with E-state index in [2.05, 4.69) is 0 Å². The molecule has 1 aromatic heterocycles. The van der Waals surface area contributed by atoms with Crippen molar-refractivity contribution in [2.45, 2.75) is 13.3 Å². The molecule has 0 spiro atoms. The third-order valence-corrected chi connectivity index (χ3v) is 5.59. The maximum Gasteiger partial charge on any atom is 0.282 e. The van der Waals surface area contributed by atoms with E-state index in [1.807, 2.05) is 35.4 Å². The molecule has 0 unspecified atom stereocenters. The quantitative estimate of drug-likeness (QED) is 0.700. The van der Waals surface area contributed by atoms with E-state index in [0.29, 0.717) is 55.6 Å². The van der Waals surface area contributed by atoms with Gasteiger partial charge in [0.2, 0.25) is 0 Å². The molecule has 0 N–H and O–H groups in total. The lowest BCUT2D eigenvalue weighted by molar-refractivity contribution is -0.121. The number of anilines is 1. The zero-order valence-electron chi connectivity index (χ0n) is 15.7. The molecule has 7 heteroatoms. The molecule has 2 aliphatic rings. The summed E-state index contributed by atoms with van der Waals surface area (Å²) in [6.45, 7) is 4.89. The smallest absolute Gasteiger partial charge is 0.282 e. The summed E-state index contributed by atoms with van der Waals surface area (Å²) >= 11 is 1.47. The molecule has 0 saturated carbocycles. The minimum Gasteiger partial charge on any atom is -0.494 e. The summed E-state index contributed by atoms with van der Waals surface area (Å²) in [4.78, 5) is 30.8. The van der Waals surface area contributed by atoms with E-state index < -0.39 is 0 Å². The molecule has 0 bridgehead atoms. The summed E-state index contributed by atoms with van der Waals surface area (Å²) in [5.41, 5.74) is 1.47. The molecule has 1 fully saturated rings. The second kappa shape index (κ2) is 8.16. The Kier molecular flexibility index (Phi) is 5.45. The van der Waals surface area contributed by atoms with Crippen molar-refractivity contribution < 1.29 is 19.1 Å². The SMILES string of the molecule is CCCOc1cccc(N2C(=O)C(c3cccs3)=C(N3CCOCC3)C2=O)c1. The van der Waals surface area contributed by atoms with Crippen LogP contribution in [0.2, 0.25) is 0 Å². The van der Waals surface area contributed by atoms with E-state index in [-0.39, 0.29) is 11.8 Å². The molecule has 0 radical (unpaired) electrons. The van der Waals surface area contributed by atoms with Crippen LogP contribution in [-0.2, 0) is 14.3 Å². The van der Waals surface area contributed by atoms with Crippen LogP contribution in [-0.4, -0.2) is 49.6 Å². The lowest BCUT2D eigenvalue weighted by Gasteiger charge is -2.29. The van der Waals surface area contributed by atoms with Crippen molar-refractivity contribution in [3.63, 3.8) is 0 Å². The van der Waals surface area contributed by atoms with Crippen LogP contribution in [0.1, 0.15) is 18.2 Å². The van der Waals surface area contributed by atoms with Gasteiger partial charge < -0.3 is 14.4 Å². The number of rotatable bonds is 6. The van der Waals surface area contributed by atoms with Crippen molar-refractivity contribution in [2.24, 2.45) is 0 Å². The van der Waals surface area contributed by atoms with Crippen molar-refractivity contribution in [1.82, 2.24) is 4.90 Å². The van der Waals surface area contributed by atoms with Crippen LogP contribution >= 0.6 is 11.3 Å². The Hall–Kier alpha value is -2.64. The zero-order chi connectivity index (χ0) is 19.5. The molecule has 3 heterocycles. The number of hydrogen-bond acceptors (Lipinski definition) is 6. The summed E-state index contributed by atoms with van der Waals surface area (Å²) in [6, 6.07) is 10.9. The van der Waals surface area contributed by atoms with Gasteiger partial charge in [0.15, 0.2) is 0 Å². The number of imide groups is 1. The minimum absolute atomic E-state index is 0.289. The van der Waals surface area contributed by atoms with Crippen molar-refractivity contribution in [1.29, 1.82) is 0 Å². The van der Waals surface area contributed by atoms with Crippen molar-refractivity contribution in [3.05, 3.63) is 52.4 Å². The van der Waals surface area contributed by atoms with Gasteiger partial charge in [-0.1, -0.05) is 19.1 Å². The Morgan fingerprint density at radius 2 is 1.93 bits per heavy atom. The first-order valence-corrected chi connectivity index (χ1v) is 10.3. The number of benzene rings is 1. The number of ether oxygens (including phenoxy) is 2. The zero-order valence-corrected chi connectivity index (χ0v) is 16.5. The average molecular weight is 398 g/mol. The van der Waals surface area contributed by atoms with E-state index in [4.69, 9.17) is 9.47 Å². The molecular formula is C21H22N2O4S. The summed E-state index contributed by atoms with van der Waals surface area (Å²) in [5, 5.41) is 1.92. The number of morpholine rings is 1. The monoisotopic (exact) mass is 398 g/mol. The third kappa shape index (κ3) is 3.43. The Bertz CT molecular complexity index is 901. The van der Waals surface area contributed by atoms with Crippen LogP contribution in [0.4, 0.5) is 5.69 Å².